The Kier molecular flexibility index (Phi) is 3.89. The molecule has 3 rings (SSSR count). The zero-order chi connectivity index (χ0) is 14.8. The van der Waals surface area contributed by atoms with E-state index >= 15 is 0 Å². The van der Waals surface area contributed by atoms with Gasteiger partial charge in [0.15, 0.2) is 0 Å². The maximum atomic E-state index is 12.2. The van der Waals surface area contributed by atoms with Crippen LogP contribution in [0.5, 0.6) is 0 Å². The Morgan fingerprint density at radius 1 is 1.38 bits per heavy atom. The fraction of sp³-hybridized carbons (Fsp3) is 0.312. The number of hydrogen-bond donors (Lipinski definition) is 0. The van der Waals surface area contributed by atoms with Gasteiger partial charge in [0.1, 0.15) is 0 Å². The van der Waals surface area contributed by atoms with E-state index in [9.17, 15) is 4.79 Å². The molecular weight excluding hydrogens is 330 g/mol. The van der Waals surface area contributed by atoms with Crippen LogP contribution in [0.25, 0.3) is 0 Å². The molecule has 2 aromatic rings. The Labute approximate surface area is 131 Å². The summed E-state index contributed by atoms with van der Waals surface area (Å²) in [5, 5.41) is 8.96. The maximum Gasteiger partial charge on any atom is 0.253 e. The highest BCUT2D eigenvalue weighted by Gasteiger charge is 2.21. The third-order valence-electron chi connectivity index (χ3n) is 3.94. The summed E-state index contributed by atoms with van der Waals surface area (Å²) in [7, 11) is 0. The zero-order valence-electron chi connectivity index (χ0n) is 11.4. The fourth-order valence-electron chi connectivity index (χ4n) is 2.43. The fourth-order valence-corrected chi connectivity index (χ4v) is 2.81. The number of benzene rings is 1. The summed E-state index contributed by atoms with van der Waals surface area (Å²) in [6.07, 6.45) is 5.10. The van der Waals surface area contributed by atoms with Gasteiger partial charge in [-0.15, -0.1) is 0 Å². The van der Waals surface area contributed by atoms with Crippen LogP contribution >= 0.6 is 15.9 Å². The van der Waals surface area contributed by atoms with Crippen molar-refractivity contribution >= 4 is 15.9 Å². The molecule has 106 valence electrons. The smallest absolute Gasteiger partial charge is 0.253 e. The number of aromatic nitrogens is 2. The van der Waals surface area contributed by atoms with Gasteiger partial charge in [-0.2, -0.15) is 5.26 Å². The minimum atomic E-state index is -0.0406. The van der Waals surface area contributed by atoms with Crippen LogP contribution in [-0.4, -0.2) is 9.55 Å². The lowest BCUT2D eigenvalue weighted by molar-refractivity contribution is 0.409. The van der Waals surface area contributed by atoms with Crippen molar-refractivity contribution in [2.24, 2.45) is 0 Å². The molecule has 4 nitrogen and oxygen atoms in total. The van der Waals surface area contributed by atoms with Crippen LogP contribution in [0.15, 0.2) is 39.9 Å². The van der Waals surface area contributed by atoms with Gasteiger partial charge in [0.2, 0.25) is 0 Å². The van der Waals surface area contributed by atoms with Gasteiger partial charge in [-0.1, -0.05) is 22.4 Å². The molecule has 0 saturated heterocycles. The maximum absolute atomic E-state index is 12.2. The van der Waals surface area contributed by atoms with Crippen LogP contribution in [0.1, 0.15) is 42.0 Å². The number of hydrogen-bond acceptors (Lipinski definition) is 3. The van der Waals surface area contributed by atoms with Gasteiger partial charge in [0.05, 0.1) is 30.2 Å². The Balaban J connectivity index is 1.88. The van der Waals surface area contributed by atoms with Crippen LogP contribution < -0.4 is 5.56 Å². The molecule has 1 heterocycles. The van der Waals surface area contributed by atoms with Gasteiger partial charge in [0, 0.05) is 16.5 Å². The molecule has 0 aliphatic heterocycles. The topological polar surface area (TPSA) is 58.7 Å². The van der Waals surface area contributed by atoms with Gasteiger partial charge in [-0.3, -0.25) is 9.36 Å². The summed E-state index contributed by atoms with van der Waals surface area (Å²) < 4.78 is 2.46. The Morgan fingerprint density at radius 2 is 2.19 bits per heavy atom. The second-order valence-corrected chi connectivity index (χ2v) is 6.18. The molecule has 0 atom stereocenters. The van der Waals surface area contributed by atoms with E-state index < -0.39 is 0 Å². The molecular formula is C16H14BrN3O. The first kappa shape index (κ1) is 14.0. The molecule has 5 heteroatoms. The molecule has 1 saturated carbocycles. The Hall–Kier alpha value is -1.93. The molecule has 0 bridgehead atoms. The van der Waals surface area contributed by atoms with Crippen molar-refractivity contribution in [3.63, 3.8) is 0 Å². The highest BCUT2D eigenvalue weighted by molar-refractivity contribution is 9.10. The standard InChI is InChI=1S/C16H14BrN3O/c17-14-5-4-11(8-18)6-13(14)9-20-10-19-15(7-16(20)21)12-2-1-3-12/h4-7,10,12H,1-3,9H2. The molecule has 1 aromatic carbocycles. The van der Waals surface area contributed by atoms with E-state index in [1.54, 1.807) is 29.1 Å². The molecule has 0 amide bonds. The van der Waals surface area contributed by atoms with Crippen LogP contribution in [0.3, 0.4) is 0 Å². The average Bonchev–Trinajstić information content (AvgIpc) is 2.42. The molecule has 21 heavy (non-hydrogen) atoms. The van der Waals surface area contributed by atoms with Crippen LogP contribution in [0.4, 0.5) is 0 Å². The van der Waals surface area contributed by atoms with Gasteiger partial charge in [-0.05, 0) is 36.6 Å². The third kappa shape index (κ3) is 2.91. The van der Waals surface area contributed by atoms with E-state index in [4.69, 9.17) is 5.26 Å². The summed E-state index contributed by atoms with van der Waals surface area (Å²) in [6, 6.07) is 9.12. The lowest BCUT2D eigenvalue weighted by atomic mass is 9.83. The zero-order valence-corrected chi connectivity index (χ0v) is 13.0. The van der Waals surface area contributed by atoms with Crippen molar-refractivity contribution in [3.05, 3.63) is 62.2 Å². The van der Waals surface area contributed by atoms with Crippen LogP contribution in [0.2, 0.25) is 0 Å². The van der Waals surface area contributed by atoms with E-state index in [1.807, 2.05) is 6.07 Å². The summed E-state index contributed by atoms with van der Waals surface area (Å²) in [6.45, 7) is 0.410. The van der Waals surface area contributed by atoms with E-state index in [-0.39, 0.29) is 5.56 Å². The monoisotopic (exact) mass is 343 g/mol. The molecule has 0 spiro atoms. The van der Waals surface area contributed by atoms with Crippen LogP contribution in [-0.2, 0) is 6.54 Å². The highest BCUT2D eigenvalue weighted by atomic mass is 79.9. The molecule has 1 fully saturated rings. The first-order chi connectivity index (χ1) is 10.2. The van der Waals surface area contributed by atoms with E-state index in [0.717, 1.165) is 28.6 Å². The predicted molar refractivity (Wildman–Crippen MR) is 83.0 cm³/mol. The molecule has 0 unspecified atom stereocenters. The van der Waals surface area contributed by atoms with Gasteiger partial charge in [-0.25, -0.2) is 4.98 Å². The molecule has 0 N–H and O–H groups in total. The van der Waals surface area contributed by atoms with E-state index in [1.165, 1.54) is 6.42 Å². The second kappa shape index (κ2) is 5.82. The predicted octanol–water partition coefficient (Wildman–Crippen LogP) is 3.19. The van der Waals surface area contributed by atoms with Gasteiger partial charge >= 0.3 is 0 Å². The molecule has 0 radical (unpaired) electrons. The number of nitrogens with zero attached hydrogens (tertiary/aromatic N) is 3. The minimum absolute atomic E-state index is 0.0406. The van der Waals surface area contributed by atoms with Gasteiger partial charge in [0.25, 0.3) is 5.56 Å². The Morgan fingerprint density at radius 3 is 2.81 bits per heavy atom. The van der Waals surface area contributed by atoms with E-state index in [2.05, 4.69) is 27.0 Å². The third-order valence-corrected chi connectivity index (χ3v) is 4.71. The number of rotatable bonds is 3. The van der Waals surface area contributed by atoms with Crippen LogP contribution in [0, 0.1) is 11.3 Å². The molecule has 1 aliphatic carbocycles. The van der Waals surface area contributed by atoms with Crippen molar-refractivity contribution in [1.82, 2.24) is 9.55 Å². The first-order valence-corrected chi connectivity index (χ1v) is 7.71. The quantitative estimate of drug-likeness (QED) is 0.859. The molecule has 1 aromatic heterocycles. The SMILES string of the molecule is N#Cc1ccc(Br)c(Cn2cnc(C3CCC3)cc2=O)c1. The summed E-state index contributed by atoms with van der Waals surface area (Å²) >= 11 is 3.45. The lowest BCUT2D eigenvalue weighted by Gasteiger charge is -2.24. The number of nitriles is 1. The first-order valence-electron chi connectivity index (χ1n) is 6.92. The summed E-state index contributed by atoms with van der Waals surface area (Å²) in [5.41, 5.74) is 2.35. The summed E-state index contributed by atoms with van der Waals surface area (Å²) in [4.78, 5) is 16.6. The van der Waals surface area contributed by atoms with Crippen molar-refractivity contribution in [1.29, 1.82) is 5.26 Å². The largest absolute Gasteiger partial charge is 0.295 e. The van der Waals surface area contributed by atoms with Crippen molar-refractivity contribution in [2.75, 3.05) is 0 Å². The number of halogens is 1. The average molecular weight is 344 g/mol. The van der Waals surface area contributed by atoms with Crippen molar-refractivity contribution in [2.45, 2.75) is 31.7 Å². The lowest BCUT2D eigenvalue weighted by Crippen LogP contribution is -2.23. The summed E-state index contributed by atoms with van der Waals surface area (Å²) in [5.74, 6) is 0.459. The molecule has 1 aliphatic rings. The normalized spacial score (nSPS) is 14.5. The van der Waals surface area contributed by atoms with Crippen molar-refractivity contribution in [3.8, 4) is 6.07 Å². The highest BCUT2D eigenvalue weighted by Crippen LogP contribution is 2.34. The Bertz CT molecular complexity index is 772. The minimum Gasteiger partial charge on any atom is -0.295 e. The second-order valence-electron chi connectivity index (χ2n) is 5.33. The van der Waals surface area contributed by atoms with Crippen molar-refractivity contribution < 1.29 is 0 Å². The van der Waals surface area contributed by atoms with E-state index in [0.29, 0.717) is 18.0 Å². The van der Waals surface area contributed by atoms with Gasteiger partial charge < -0.3 is 0 Å².